The van der Waals surface area contributed by atoms with Gasteiger partial charge in [0, 0.05) is 49.8 Å². The lowest BCUT2D eigenvalue weighted by Gasteiger charge is -2.20. The fraction of sp³-hybridized carbons (Fsp3) is 0.200. The third kappa shape index (κ3) is 3.36. The molecule has 0 amide bonds. The molecule has 0 aliphatic heterocycles. The quantitative estimate of drug-likeness (QED) is 0.567. The summed E-state index contributed by atoms with van der Waals surface area (Å²) in [7, 11) is 2.00. The predicted molar refractivity (Wildman–Crippen MR) is 103 cm³/mol. The van der Waals surface area contributed by atoms with Crippen molar-refractivity contribution < 1.29 is 0 Å². The summed E-state index contributed by atoms with van der Waals surface area (Å²) in [6.45, 7) is 0.770. The van der Waals surface area contributed by atoms with Crippen molar-refractivity contribution in [2.45, 2.75) is 12.5 Å². The van der Waals surface area contributed by atoms with Crippen LogP contribution in [0.1, 0.15) is 23.1 Å². The Kier molecular flexibility index (Phi) is 4.73. The zero-order valence-corrected chi connectivity index (χ0v) is 15.3. The molecule has 0 aliphatic carbocycles. The third-order valence-corrected chi connectivity index (χ3v) is 4.82. The van der Waals surface area contributed by atoms with E-state index in [0.717, 1.165) is 40.7 Å². The summed E-state index contributed by atoms with van der Waals surface area (Å²) in [5.74, 6) is 0.938. The molecule has 4 rings (SSSR count). The summed E-state index contributed by atoms with van der Waals surface area (Å²) < 4.78 is 4.06. The first-order chi connectivity index (χ1) is 12.7. The number of nitrogens with zero attached hydrogens (tertiary/aromatic N) is 4. The lowest BCUT2D eigenvalue weighted by molar-refractivity contribution is 0.559. The number of halogens is 1. The number of imidazole rings is 2. The molecule has 0 spiro atoms. The Labute approximate surface area is 157 Å². The first-order valence-corrected chi connectivity index (χ1v) is 8.98. The summed E-state index contributed by atoms with van der Waals surface area (Å²) in [5, 5.41) is 4.33. The summed E-state index contributed by atoms with van der Waals surface area (Å²) in [6.07, 6.45) is 8.67. The SMILES string of the molecule is Cn1ccnc1C(NCCc1cn2ccccc2n1)c1ccccc1Cl. The van der Waals surface area contributed by atoms with Gasteiger partial charge < -0.3 is 14.3 Å². The van der Waals surface area contributed by atoms with E-state index in [1.165, 1.54) is 0 Å². The Balaban J connectivity index is 1.53. The molecule has 26 heavy (non-hydrogen) atoms. The highest BCUT2D eigenvalue weighted by Crippen LogP contribution is 2.27. The van der Waals surface area contributed by atoms with Gasteiger partial charge in [-0.3, -0.25) is 0 Å². The maximum Gasteiger partial charge on any atom is 0.136 e. The maximum atomic E-state index is 6.44. The van der Waals surface area contributed by atoms with Gasteiger partial charge >= 0.3 is 0 Å². The van der Waals surface area contributed by atoms with E-state index in [1.807, 2.05) is 77.1 Å². The van der Waals surface area contributed by atoms with E-state index in [4.69, 9.17) is 11.6 Å². The smallest absolute Gasteiger partial charge is 0.136 e. The Morgan fingerprint density at radius 3 is 2.73 bits per heavy atom. The van der Waals surface area contributed by atoms with E-state index in [0.29, 0.717) is 0 Å². The van der Waals surface area contributed by atoms with Crippen LogP contribution in [0.3, 0.4) is 0 Å². The normalized spacial score (nSPS) is 12.5. The molecule has 132 valence electrons. The van der Waals surface area contributed by atoms with Crippen molar-refractivity contribution in [1.82, 2.24) is 24.3 Å². The van der Waals surface area contributed by atoms with Gasteiger partial charge in [-0.2, -0.15) is 0 Å². The van der Waals surface area contributed by atoms with Crippen molar-refractivity contribution in [2.75, 3.05) is 6.54 Å². The number of benzene rings is 1. The predicted octanol–water partition coefficient (Wildman–Crippen LogP) is 3.64. The van der Waals surface area contributed by atoms with Crippen LogP contribution >= 0.6 is 11.6 Å². The van der Waals surface area contributed by atoms with Crippen LogP contribution in [0.15, 0.2) is 67.3 Å². The Morgan fingerprint density at radius 1 is 1.12 bits per heavy atom. The largest absolute Gasteiger partial charge is 0.336 e. The lowest BCUT2D eigenvalue weighted by Crippen LogP contribution is -2.27. The highest BCUT2D eigenvalue weighted by Gasteiger charge is 2.20. The summed E-state index contributed by atoms with van der Waals surface area (Å²) in [5.41, 5.74) is 3.05. The molecule has 0 saturated heterocycles. The van der Waals surface area contributed by atoms with Gasteiger partial charge in [-0.25, -0.2) is 9.97 Å². The van der Waals surface area contributed by atoms with E-state index in [1.54, 1.807) is 0 Å². The number of pyridine rings is 1. The van der Waals surface area contributed by atoms with E-state index >= 15 is 0 Å². The molecule has 0 bridgehead atoms. The second-order valence-corrected chi connectivity index (χ2v) is 6.66. The molecule has 1 aromatic carbocycles. The summed E-state index contributed by atoms with van der Waals surface area (Å²) >= 11 is 6.44. The Bertz CT molecular complexity index is 987. The molecule has 0 radical (unpaired) electrons. The topological polar surface area (TPSA) is 47.2 Å². The monoisotopic (exact) mass is 365 g/mol. The van der Waals surface area contributed by atoms with Gasteiger partial charge in [0.2, 0.25) is 0 Å². The molecule has 3 aromatic heterocycles. The van der Waals surface area contributed by atoms with Crippen molar-refractivity contribution in [2.24, 2.45) is 7.05 Å². The van der Waals surface area contributed by atoms with Gasteiger partial charge in [-0.1, -0.05) is 35.9 Å². The van der Waals surface area contributed by atoms with Crippen molar-refractivity contribution in [3.63, 3.8) is 0 Å². The van der Waals surface area contributed by atoms with Crippen molar-refractivity contribution in [1.29, 1.82) is 0 Å². The van der Waals surface area contributed by atoms with Crippen molar-refractivity contribution in [3.05, 3.63) is 89.4 Å². The van der Waals surface area contributed by atoms with Crippen LogP contribution in [0.5, 0.6) is 0 Å². The second-order valence-electron chi connectivity index (χ2n) is 6.25. The minimum absolute atomic E-state index is 0.0688. The second kappa shape index (κ2) is 7.32. The molecule has 0 aliphatic rings. The zero-order valence-electron chi connectivity index (χ0n) is 14.5. The van der Waals surface area contributed by atoms with Crippen LogP contribution in [0.25, 0.3) is 5.65 Å². The van der Waals surface area contributed by atoms with E-state index in [-0.39, 0.29) is 6.04 Å². The van der Waals surface area contributed by atoms with E-state index in [9.17, 15) is 0 Å². The number of rotatable bonds is 6. The highest BCUT2D eigenvalue weighted by atomic mass is 35.5. The molecule has 1 unspecified atom stereocenters. The third-order valence-electron chi connectivity index (χ3n) is 4.48. The van der Waals surface area contributed by atoms with Crippen LogP contribution in [0.4, 0.5) is 0 Å². The highest BCUT2D eigenvalue weighted by molar-refractivity contribution is 6.31. The number of nitrogens with one attached hydrogen (secondary N) is 1. The molecule has 0 fully saturated rings. The number of aromatic nitrogens is 4. The fourth-order valence-electron chi connectivity index (χ4n) is 3.16. The molecule has 0 saturated carbocycles. The number of hydrogen-bond donors (Lipinski definition) is 1. The molecular weight excluding hydrogens is 346 g/mol. The van der Waals surface area contributed by atoms with E-state index < -0.39 is 0 Å². The minimum atomic E-state index is -0.0688. The first-order valence-electron chi connectivity index (χ1n) is 8.60. The van der Waals surface area contributed by atoms with Gasteiger partial charge in [-0.15, -0.1) is 0 Å². The molecule has 4 aromatic rings. The molecular formula is C20H20ClN5. The van der Waals surface area contributed by atoms with Crippen LogP contribution in [0.2, 0.25) is 5.02 Å². The van der Waals surface area contributed by atoms with Crippen LogP contribution in [-0.2, 0) is 13.5 Å². The Hall–Kier alpha value is -2.63. The number of hydrogen-bond acceptors (Lipinski definition) is 3. The summed E-state index contributed by atoms with van der Waals surface area (Å²) in [6, 6.07) is 13.8. The summed E-state index contributed by atoms with van der Waals surface area (Å²) in [4.78, 5) is 9.17. The molecule has 1 atom stereocenters. The van der Waals surface area contributed by atoms with Crippen molar-refractivity contribution >= 4 is 17.2 Å². The fourth-order valence-corrected chi connectivity index (χ4v) is 3.40. The van der Waals surface area contributed by atoms with Gasteiger partial charge in [0.1, 0.15) is 11.5 Å². The zero-order chi connectivity index (χ0) is 17.9. The number of aryl methyl sites for hydroxylation is 1. The van der Waals surface area contributed by atoms with Crippen LogP contribution in [0, 0.1) is 0 Å². The Morgan fingerprint density at radius 2 is 1.96 bits per heavy atom. The average molecular weight is 366 g/mol. The molecule has 5 nitrogen and oxygen atoms in total. The minimum Gasteiger partial charge on any atom is -0.336 e. The first kappa shape index (κ1) is 16.8. The van der Waals surface area contributed by atoms with Crippen molar-refractivity contribution in [3.8, 4) is 0 Å². The number of fused-ring (bicyclic) bond motifs is 1. The van der Waals surface area contributed by atoms with Crippen LogP contribution in [-0.4, -0.2) is 25.5 Å². The lowest BCUT2D eigenvalue weighted by atomic mass is 10.1. The molecule has 3 heterocycles. The standard InChI is InChI=1S/C20H20ClN5/c1-25-13-11-23-20(25)19(16-6-2-3-7-17(16)21)22-10-9-15-14-26-12-5-4-8-18(26)24-15/h2-8,11-14,19,22H,9-10H2,1H3. The van der Waals surface area contributed by atoms with Crippen LogP contribution < -0.4 is 5.32 Å². The van der Waals surface area contributed by atoms with Gasteiger partial charge in [0.15, 0.2) is 0 Å². The average Bonchev–Trinajstić information content (AvgIpc) is 3.25. The van der Waals surface area contributed by atoms with Gasteiger partial charge in [-0.05, 0) is 23.8 Å². The molecule has 6 heteroatoms. The maximum absolute atomic E-state index is 6.44. The van der Waals surface area contributed by atoms with Gasteiger partial charge in [0.05, 0.1) is 11.7 Å². The molecule has 1 N–H and O–H groups in total. The van der Waals surface area contributed by atoms with E-state index in [2.05, 4.69) is 21.5 Å². The van der Waals surface area contributed by atoms with Gasteiger partial charge in [0.25, 0.3) is 0 Å².